The molecule has 0 spiro atoms. The second-order valence-corrected chi connectivity index (χ2v) is 5.40. The van der Waals surface area contributed by atoms with Crippen LogP contribution in [-0.4, -0.2) is 29.4 Å². The van der Waals surface area contributed by atoms with Gasteiger partial charge in [-0.2, -0.15) is 5.26 Å². The second kappa shape index (κ2) is 6.53. The van der Waals surface area contributed by atoms with E-state index in [9.17, 15) is 4.79 Å². The van der Waals surface area contributed by atoms with Crippen LogP contribution >= 0.6 is 0 Å². The predicted molar refractivity (Wildman–Crippen MR) is 79.3 cm³/mol. The van der Waals surface area contributed by atoms with Crippen LogP contribution in [-0.2, 0) is 4.79 Å². The lowest BCUT2D eigenvalue weighted by atomic mass is 10.1. The van der Waals surface area contributed by atoms with Crippen LogP contribution in [0.1, 0.15) is 38.7 Å². The van der Waals surface area contributed by atoms with Crippen molar-refractivity contribution in [3.63, 3.8) is 0 Å². The summed E-state index contributed by atoms with van der Waals surface area (Å²) < 4.78 is 0. The first-order valence-corrected chi connectivity index (χ1v) is 7.19. The van der Waals surface area contributed by atoms with Crippen molar-refractivity contribution in [1.82, 2.24) is 4.90 Å². The topological polar surface area (TPSA) is 56.1 Å². The fraction of sp³-hybridized carbons (Fsp3) is 0.500. The summed E-state index contributed by atoms with van der Waals surface area (Å²) in [4.78, 5) is 14.4. The van der Waals surface area contributed by atoms with E-state index in [0.717, 1.165) is 12.8 Å². The van der Waals surface area contributed by atoms with Gasteiger partial charge in [0.2, 0.25) is 5.91 Å². The third kappa shape index (κ3) is 3.37. The SMILES string of the molecule is CCC1CCC(C)N1CC(=O)Nc1cccc(C#N)c1. The number of hydrogen-bond donors (Lipinski definition) is 1. The maximum atomic E-state index is 12.1. The molecule has 2 rings (SSSR count). The largest absolute Gasteiger partial charge is 0.325 e. The molecule has 1 fully saturated rings. The summed E-state index contributed by atoms with van der Waals surface area (Å²) in [6, 6.07) is 10.1. The van der Waals surface area contributed by atoms with E-state index in [1.807, 2.05) is 6.07 Å². The Labute approximate surface area is 120 Å². The molecule has 4 nitrogen and oxygen atoms in total. The highest BCUT2D eigenvalue weighted by Gasteiger charge is 2.30. The molecule has 1 heterocycles. The van der Waals surface area contributed by atoms with Gasteiger partial charge in [-0.1, -0.05) is 13.0 Å². The smallest absolute Gasteiger partial charge is 0.238 e. The van der Waals surface area contributed by atoms with Gasteiger partial charge in [0.1, 0.15) is 0 Å². The number of nitrogens with zero attached hydrogens (tertiary/aromatic N) is 2. The maximum absolute atomic E-state index is 12.1. The van der Waals surface area contributed by atoms with Gasteiger partial charge in [0.05, 0.1) is 18.2 Å². The van der Waals surface area contributed by atoms with Crippen LogP contribution in [0.2, 0.25) is 0 Å². The Morgan fingerprint density at radius 2 is 2.30 bits per heavy atom. The summed E-state index contributed by atoms with van der Waals surface area (Å²) in [6.45, 7) is 4.78. The van der Waals surface area contributed by atoms with Gasteiger partial charge in [0.15, 0.2) is 0 Å². The Kier molecular flexibility index (Phi) is 4.75. The first kappa shape index (κ1) is 14.5. The number of benzene rings is 1. The standard InChI is InChI=1S/C16H21N3O/c1-3-15-8-7-12(2)19(15)11-16(20)18-14-6-4-5-13(9-14)10-17/h4-6,9,12,15H,3,7-8,11H2,1-2H3,(H,18,20). The van der Waals surface area contributed by atoms with Gasteiger partial charge < -0.3 is 5.32 Å². The molecule has 1 N–H and O–H groups in total. The third-order valence-electron chi connectivity index (χ3n) is 4.03. The highest BCUT2D eigenvalue weighted by atomic mass is 16.2. The molecule has 4 heteroatoms. The van der Waals surface area contributed by atoms with Crippen LogP contribution in [0.4, 0.5) is 5.69 Å². The minimum absolute atomic E-state index is 0.00714. The molecule has 1 aliphatic rings. The van der Waals surface area contributed by atoms with Crippen LogP contribution in [0.15, 0.2) is 24.3 Å². The van der Waals surface area contributed by atoms with E-state index in [1.165, 1.54) is 6.42 Å². The first-order valence-electron chi connectivity index (χ1n) is 7.19. The minimum Gasteiger partial charge on any atom is -0.325 e. The van der Waals surface area contributed by atoms with Crippen LogP contribution in [0.3, 0.4) is 0 Å². The maximum Gasteiger partial charge on any atom is 0.238 e. The Morgan fingerprint density at radius 1 is 1.50 bits per heavy atom. The van der Waals surface area contributed by atoms with Crippen molar-refractivity contribution < 1.29 is 4.79 Å². The average molecular weight is 271 g/mol. The Balaban J connectivity index is 1.96. The fourth-order valence-corrected chi connectivity index (χ4v) is 2.88. The second-order valence-electron chi connectivity index (χ2n) is 5.40. The summed E-state index contributed by atoms with van der Waals surface area (Å²) in [6.07, 6.45) is 3.42. The lowest BCUT2D eigenvalue weighted by Crippen LogP contribution is -2.40. The van der Waals surface area contributed by atoms with Crippen molar-refractivity contribution >= 4 is 11.6 Å². The molecule has 1 saturated heterocycles. The molecule has 0 radical (unpaired) electrons. The van der Waals surface area contributed by atoms with Gasteiger partial charge >= 0.3 is 0 Å². The van der Waals surface area contributed by atoms with Gasteiger partial charge in [0.25, 0.3) is 0 Å². The van der Waals surface area contributed by atoms with E-state index in [1.54, 1.807) is 18.2 Å². The number of carbonyl (C=O) groups excluding carboxylic acids is 1. The van der Waals surface area contributed by atoms with E-state index >= 15 is 0 Å². The molecular formula is C16H21N3O. The quantitative estimate of drug-likeness (QED) is 0.916. The highest BCUT2D eigenvalue weighted by Crippen LogP contribution is 2.25. The molecule has 1 aromatic carbocycles. The Bertz CT molecular complexity index is 521. The van der Waals surface area contributed by atoms with Crippen molar-refractivity contribution in [2.75, 3.05) is 11.9 Å². The zero-order chi connectivity index (χ0) is 14.5. The minimum atomic E-state index is -0.00714. The molecule has 0 aliphatic carbocycles. The number of rotatable bonds is 4. The summed E-state index contributed by atoms with van der Waals surface area (Å²) in [7, 11) is 0. The number of nitrogens with one attached hydrogen (secondary N) is 1. The van der Waals surface area contributed by atoms with E-state index < -0.39 is 0 Å². The third-order valence-corrected chi connectivity index (χ3v) is 4.03. The highest BCUT2D eigenvalue weighted by molar-refractivity contribution is 5.92. The van der Waals surface area contributed by atoms with E-state index in [4.69, 9.17) is 5.26 Å². The van der Waals surface area contributed by atoms with Crippen molar-refractivity contribution in [3.05, 3.63) is 29.8 Å². The van der Waals surface area contributed by atoms with E-state index in [0.29, 0.717) is 29.9 Å². The summed E-state index contributed by atoms with van der Waals surface area (Å²) in [5, 5.41) is 11.7. The molecule has 0 saturated carbocycles. The molecule has 2 atom stereocenters. The average Bonchev–Trinajstić information content (AvgIpc) is 2.79. The molecule has 0 bridgehead atoms. The van der Waals surface area contributed by atoms with Gasteiger partial charge in [-0.3, -0.25) is 9.69 Å². The predicted octanol–water partition coefficient (Wildman–Crippen LogP) is 2.76. The first-order chi connectivity index (χ1) is 9.63. The molecular weight excluding hydrogens is 250 g/mol. The monoisotopic (exact) mass is 271 g/mol. The molecule has 2 unspecified atom stereocenters. The molecule has 106 valence electrons. The van der Waals surface area contributed by atoms with Gasteiger partial charge in [-0.25, -0.2) is 0 Å². The number of nitriles is 1. The molecule has 1 aliphatic heterocycles. The van der Waals surface area contributed by atoms with Crippen molar-refractivity contribution in [1.29, 1.82) is 5.26 Å². The molecule has 1 amide bonds. The number of anilines is 1. The lowest BCUT2D eigenvalue weighted by Gasteiger charge is -2.26. The van der Waals surface area contributed by atoms with Crippen LogP contribution in [0.5, 0.6) is 0 Å². The number of amides is 1. The van der Waals surface area contributed by atoms with Crippen molar-refractivity contribution in [3.8, 4) is 6.07 Å². The zero-order valence-corrected chi connectivity index (χ0v) is 12.1. The molecule has 0 aromatic heterocycles. The number of carbonyl (C=O) groups is 1. The Hall–Kier alpha value is -1.86. The summed E-state index contributed by atoms with van der Waals surface area (Å²) in [5.74, 6) is -0.00714. The summed E-state index contributed by atoms with van der Waals surface area (Å²) in [5.41, 5.74) is 1.25. The molecule has 20 heavy (non-hydrogen) atoms. The Morgan fingerprint density at radius 3 is 3.00 bits per heavy atom. The number of likely N-dealkylation sites (tertiary alicyclic amines) is 1. The van der Waals surface area contributed by atoms with Crippen LogP contribution < -0.4 is 5.32 Å². The van der Waals surface area contributed by atoms with Crippen LogP contribution in [0, 0.1) is 11.3 Å². The number of hydrogen-bond acceptors (Lipinski definition) is 3. The zero-order valence-electron chi connectivity index (χ0n) is 12.1. The van der Waals surface area contributed by atoms with Gasteiger partial charge in [0, 0.05) is 17.8 Å². The van der Waals surface area contributed by atoms with E-state index in [-0.39, 0.29) is 5.91 Å². The van der Waals surface area contributed by atoms with Crippen molar-refractivity contribution in [2.45, 2.75) is 45.2 Å². The molecule has 1 aromatic rings. The van der Waals surface area contributed by atoms with Crippen LogP contribution in [0.25, 0.3) is 0 Å². The van der Waals surface area contributed by atoms with Gasteiger partial charge in [-0.05, 0) is 44.4 Å². The summed E-state index contributed by atoms with van der Waals surface area (Å²) >= 11 is 0. The van der Waals surface area contributed by atoms with Gasteiger partial charge in [-0.15, -0.1) is 0 Å². The van der Waals surface area contributed by atoms with E-state index in [2.05, 4.69) is 30.1 Å². The lowest BCUT2D eigenvalue weighted by molar-refractivity contribution is -0.118. The normalized spacial score (nSPS) is 22.4. The fourth-order valence-electron chi connectivity index (χ4n) is 2.88. The van der Waals surface area contributed by atoms with Crippen molar-refractivity contribution in [2.24, 2.45) is 0 Å².